The van der Waals surface area contributed by atoms with E-state index in [1.165, 1.54) is 6.07 Å². The molecule has 0 aromatic heterocycles. The van der Waals surface area contributed by atoms with E-state index >= 15 is 0 Å². The van der Waals surface area contributed by atoms with Crippen LogP contribution in [0, 0.1) is 0 Å². The molecule has 1 saturated heterocycles. The van der Waals surface area contributed by atoms with Crippen LogP contribution in [0.15, 0.2) is 47.4 Å². The molecule has 0 bridgehead atoms. The molecule has 2 atom stereocenters. The minimum absolute atomic E-state index is 0.00834. The molecule has 178 valence electrons. The summed E-state index contributed by atoms with van der Waals surface area (Å²) >= 11 is 0. The first kappa shape index (κ1) is 24.7. The van der Waals surface area contributed by atoms with E-state index in [9.17, 15) is 18.0 Å². The second kappa shape index (κ2) is 10.4. The number of nitrogens with two attached hydrogens (primary N) is 2. The topological polar surface area (TPSA) is 133 Å². The summed E-state index contributed by atoms with van der Waals surface area (Å²) in [6, 6.07) is 11.4. The second-order valence-electron chi connectivity index (χ2n) is 8.32. The molecule has 2 aromatic carbocycles. The first-order valence-electron chi connectivity index (χ1n) is 11.1. The van der Waals surface area contributed by atoms with Crippen molar-refractivity contribution in [2.24, 2.45) is 10.9 Å². The van der Waals surface area contributed by atoms with Crippen LogP contribution in [0.4, 0.5) is 5.69 Å². The number of rotatable bonds is 8. The van der Waals surface area contributed by atoms with Gasteiger partial charge in [0, 0.05) is 18.8 Å². The van der Waals surface area contributed by atoms with Crippen molar-refractivity contribution in [3.05, 3.63) is 59.2 Å². The minimum atomic E-state index is -3.92. The molecule has 4 N–H and O–H groups in total. The van der Waals surface area contributed by atoms with Crippen LogP contribution in [0.3, 0.4) is 0 Å². The van der Waals surface area contributed by atoms with E-state index in [1.807, 2.05) is 6.92 Å². The van der Waals surface area contributed by atoms with Crippen molar-refractivity contribution < 1.29 is 22.7 Å². The number of amides is 1. The summed E-state index contributed by atoms with van der Waals surface area (Å²) in [5.41, 5.74) is 8.40. The molecule has 0 saturated carbocycles. The Kier molecular flexibility index (Phi) is 7.76. The second-order valence-corrected chi connectivity index (χ2v) is 9.89. The maximum absolute atomic E-state index is 12.6. The van der Waals surface area contributed by atoms with Crippen LogP contribution in [0.2, 0.25) is 0 Å². The number of esters is 1. The molecule has 0 radical (unpaired) electrons. The maximum atomic E-state index is 12.6. The molecule has 33 heavy (non-hydrogen) atoms. The van der Waals surface area contributed by atoms with Crippen molar-refractivity contribution in [2.75, 3.05) is 24.6 Å². The fourth-order valence-electron chi connectivity index (χ4n) is 4.42. The zero-order valence-corrected chi connectivity index (χ0v) is 19.8. The SMILES string of the molecule is CCOC(=O)c1ccc(C(C(N)=O)C(C)c2cc(S(N)(=O)=O)ccc2N2CCCCC2)cc1. The number of benzene rings is 2. The highest BCUT2D eigenvalue weighted by molar-refractivity contribution is 7.89. The van der Waals surface area contributed by atoms with Gasteiger partial charge in [0.15, 0.2) is 0 Å². The van der Waals surface area contributed by atoms with E-state index in [-0.39, 0.29) is 11.5 Å². The summed E-state index contributed by atoms with van der Waals surface area (Å²) in [6.07, 6.45) is 3.23. The molecular weight excluding hydrogens is 442 g/mol. The number of nitrogens with zero attached hydrogens (tertiary/aromatic N) is 1. The molecule has 0 aliphatic carbocycles. The fraction of sp³-hybridized carbons (Fsp3) is 0.417. The Labute approximate surface area is 194 Å². The van der Waals surface area contributed by atoms with Gasteiger partial charge >= 0.3 is 5.97 Å². The highest BCUT2D eigenvalue weighted by Gasteiger charge is 2.30. The maximum Gasteiger partial charge on any atom is 0.338 e. The molecule has 2 aromatic rings. The van der Waals surface area contributed by atoms with Crippen LogP contribution in [-0.4, -0.2) is 40.0 Å². The van der Waals surface area contributed by atoms with Crippen LogP contribution in [0.5, 0.6) is 0 Å². The van der Waals surface area contributed by atoms with Gasteiger partial charge in [0.2, 0.25) is 15.9 Å². The highest BCUT2D eigenvalue weighted by Crippen LogP contribution is 2.39. The van der Waals surface area contributed by atoms with Crippen molar-refractivity contribution in [3.63, 3.8) is 0 Å². The average molecular weight is 474 g/mol. The average Bonchev–Trinajstić information content (AvgIpc) is 2.79. The Hall–Kier alpha value is -2.91. The van der Waals surface area contributed by atoms with E-state index in [1.54, 1.807) is 43.3 Å². The van der Waals surface area contributed by atoms with E-state index in [2.05, 4.69) is 4.90 Å². The number of primary amides is 1. The molecule has 8 nitrogen and oxygen atoms in total. The Morgan fingerprint density at radius 2 is 1.70 bits per heavy atom. The third kappa shape index (κ3) is 5.72. The minimum Gasteiger partial charge on any atom is -0.462 e. The van der Waals surface area contributed by atoms with Crippen LogP contribution < -0.4 is 15.8 Å². The number of ether oxygens (including phenoxy) is 1. The van der Waals surface area contributed by atoms with E-state index in [4.69, 9.17) is 15.6 Å². The fourth-order valence-corrected chi connectivity index (χ4v) is 4.97. The molecular formula is C24H31N3O5S. The Morgan fingerprint density at radius 1 is 1.06 bits per heavy atom. The first-order valence-corrected chi connectivity index (χ1v) is 12.7. The Morgan fingerprint density at radius 3 is 2.24 bits per heavy atom. The molecule has 1 aliphatic rings. The van der Waals surface area contributed by atoms with Crippen LogP contribution in [0.25, 0.3) is 0 Å². The molecule has 1 heterocycles. The number of sulfonamides is 1. The molecule has 2 unspecified atom stereocenters. The highest BCUT2D eigenvalue weighted by atomic mass is 32.2. The van der Waals surface area contributed by atoms with Gasteiger partial charge in [-0.05, 0) is 73.6 Å². The predicted octanol–water partition coefficient (Wildman–Crippen LogP) is 2.87. The summed E-state index contributed by atoms with van der Waals surface area (Å²) in [4.78, 5) is 26.8. The lowest BCUT2D eigenvalue weighted by Gasteiger charge is -2.33. The molecule has 1 aliphatic heterocycles. The predicted molar refractivity (Wildman–Crippen MR) is 127 cm³/mol. The van der Waals surface area contributed by atoms with Crippen molar-refractivity contribution >= 4 is 27.6 Å². The number of primary sulfonamides is 1. The Balaban J connectivity index is 2.04. The van der Waals surface area contributed by atoms with E-state index in [0.29, 0.717) is 16.7 Å². The van der Waals surface area contributed by atoms with Crippen molar-refractivity contribution in [1.82, 2.24) is 0 Å². The van der Waals surface area contributed by atoms with Gasteiger partial charge in [-0.1, -0.05) is 19.1 Å². The van der Waals surface area contributed by atoms with Gasteiger partial charge in [-0.25, -0.2) is 18.4 Å². The molecule has 0 spiro atoms. The van der Waals surface area contributed by atoms with Gasteiger partial charge in [0.25, 0.3) is 0 Å². The number of piperidine rings is 1. The summed E-state index contributed by atoms with van der Waals surface area (Å²) in [6.45, 7) is 5.55. The van der Waals surface area contributed by atoms with E-state index in [0.717, 1.165) is 38.0 Å². The quantitative estimate of drug-likeness (QED) is 0.567. The third-order valence-corrected chi connectivity index (χ3v) is 7.01. The number of carbonyl (C=O) groups excluding carboxylic acids is 2. The summed E-state index contributed by atoms with van der Waals surface area (Å²) in [5, 5.41) is 5.39. The zero-order valence-electron chi connectivity index (χ0n) is 19.0. The van der Waals surface area contributed by atoms with Crippen LogP contribution >= 0.6 is 0 Å². The molecule has 1 amide bonds. The van der Waals surface area contributed by atoms with Crippen molar-refractivity contribution in [2.45, 2.75) is 49.8 Å². The number of hydrogen-bond acceptors (Lipinski definition) is 6. The van der Waals surface area contributed by atoms with Crippen LogP contribution in [0.1, 0.15) is 66.4 Å². The van der Waals surface area contributed by atoms with Gasteiger partial charge in [-0.15, -0.1) is 0 Å². The largest absolute Gasteiger partial charge is 0.462 e. The molecule has 9 heteroatoms. The smallest absolute Gasteiger partial charge is 0.338 e. The molecule has 3 rings (SSSR count). The Bertz CT molecular complexity index is 1110. The number of hydrogen-bond donors (Lipinski definition) is 2. The summed E-state index contributed by atoms with van der Waals surface area (Å²) in [7, 11) is -3.92. The zero-order chi connectivity index (χ0) is 24.2. The van der Waals surface area contributed by atoms with Gasteiger partial charge in [0.05, 0.1) is 23.0 Å². The van der Waals surface area contributed by atoms with Gasteiger partial charge in [0.1, 0.15) is 0 Å². The van der Waals surface area contributed by atoms with Gasteiger partial charge in [-0.3, -0.25) is 4.79 Å². The first-order chi connectivity index (χ1) is 15.6. The van der Waals surface area contributed by atoms with E-state index < -0.39 is 33.7 Å². The normalized spacial score (nSPS) is 16.2. The monoisotopic (exact) mass is 473 g/mol. The standard InChI is InChI=1S/C24H31N3O5S/c1-3-32-24(29)18-9-7-17(8-10-18)22(23(25)28)16(2)20-15-19(33(26,30)31)11-12-21(20)27-13-5-4-6-14-27/h7-12,15-16,22H,3-6,13-14H2,1-2H3,(H2,25,28)(H2,26,30,31). The van der Waals surface area contributed by atoms with Gasteiger partial charge < -0.3 is 15.4 Å². The van der Waals surface area contributed by atoms with Crippen LogP contribution in [-0.2, 0) is 19.6 Å². The summed E-state index contributed by atoms with van der Waals surface area (Å²) < 4.78 is 29.1. The number of carbonyl (C=O) groups is 2. The van der Waals surface area contributed by atoms with Crippen molar-refractivity contribution in [3.8, 4) is 0 Å². The number of anilines is 1. The van der Waals surface area contributed by atoms with Gasteiger partial charge in [-0.2, -0.15) is 0 Å². The third-order valence-electron chi connectivity index (χ3n) is 6.10. The lowest BCUT2D eigenvalue weighted by atomic mass is 9.81. The molecule has 1 fully saturated rings. The lowest BCUT2D eigenvalue weighted by Crippen LogP contribution is -2.32. The summed E-state index contributed by atoms with van der Waals surface area (Å²) in [5.74, 6) is -2.16. The van der Waals surface area contributed by atoms with Crippen molar-refractivity contribution in [1.29, 1.82) is 0 Å². The lowest BCUT2D eigenvalue weighted by molar-refractivity contribution is -0.119.